The molecule has 0 heterocycles. The first-order valence-corrected chi connectivity index (χ1v) is 6.47. The van der Waals surface area contributed by atoms with Crippen LogP contribution in [0, 0.1) is 11.6 Å². The summed E-state index contributed by atoms with van der Waals surface area (Å²) in [5.74, 6) is -2.58. The number of anilines is 1. The Morgan fingerprint density at radius 3 is 2.45 bits per heavy atom. The summed E-state index contributed by atoms with van der Waals surface area (Å²) in [5.41, 5.74) is -0.0637. The van der Waals surface area contributed by atoms with Gasteiger partial charge >= 0.3 is 5.97 Å². The first kappa shape index (κ1) is 14.5. The van der Waals surface area contributed by atoms with Crippen LogP contribution in [0.2, 0.25) is 0 Å². The maximum atomic E-state index is 13.8. The van der Waals surface area contributed by atoms with Crippen LogP contribution in [0.1, 0.15) is 11.6 Å². The van der Waals surface area contributed by atoms with Crippen LogP contribution in [0.15, 0.2) is 46.9 Å². The van der Waals surface area contributed by atoms with E-state index in [4.69, 9.17) is 0 Å². The molecule has 0 bridgehead atoms. The SMILES string of the molecule is O=C(O)C(Nc1ccccc1F)c1ccc(Br)cc1F. The summed E-state index contributed by atoms with van der Waals surface area (Å²) < 4.78 is 27.9. The molecule has 104 valence electrons. The van der Waals surface area contributed by atoms with E-state index in [9.17, 15) is 18.7 Å². The van der Waals surface area contributed by atoms with E-state index in [1.165, 1.54) is 30.3 Å². The number of carboxylic acids is 1. The highest BCUT2D eigenvalue weighted by atomic mass is 79.9. The molecule has 1 atom stereocenters. The maximum Gasteiger partial charge on any atom is 0.330 e. The molecule has 0 amide bonds. The number of para-hydroxylation sites is 1. The Kier molecular flexibility index (Phi) is 4.34. The Morgan fingerprint density at radius 1 is 1.15 bits per heavy atom. The standard InChI is InChI=1S/C14H10BrF2NO2/c15-8-5-6-9(11(17)7-8)13(14(19)20)18-12-4-2-1-3-10(12)16/h1-7,13,18H,(H,19,20). The Hall–Kier alpha value is -1.95. The van der Waals surface area contributed by atoms with Crippen molar-refractivity contribution in [2.24, 2.45) is 0 Å². The normalized spacial score (nSPS) is 11.9. The van der Waals surface area contributed by atoms with E-state index < -0.39 is 23.6 Å². The molecule has 0 aliphatic heterocycles. The summed E-state index contributed by atoms with van der Waals surface area (Å²) in [6.07, 6.45) is 0. The molecule has 0 saturated heterocycles. The van der Waals surface area contributed by atoms with Crippen LogP contribution < -0.4 is 5.32 Å². The highest BCUT2D eigenvalue weighted by Gasteiger charge is 2.24. The second-order valence-electron chi connectivity index (χ2n) is 4.06. The van der Waals surface area contributed by atoms with Crippen molar-refractivity contribution in [1.82, 2.24) is 0 Å². The fourth-order valence-corrected chi connectivity index (χ4v) is 2.08. The van der Waals surface area contributed by atoms with Crippen LogP contribution in [-0.4, -0.2) is 11.1 Å². The summed E-state index contributed by atoms with van der Waals surface area (Å²) >= 11 is 3.09. The van der Waals surface area contributed by atoms with E-state index >= 15 is 0 Å². The van der Waals surface area contributed by atoms with Gasteiger partial charge in [-0.15, -0.1) is 0 Å². The Balaban J connectivity index is 2.37. The van der Waals surface area contributed by atoms with Gasteiger partial charge in [0.1, 0.15) is 11.6 Å². The lowest BCUT2D eigenvalue weighted by molar-refractivity contribution is -0.138. The molecule has 0 saturated carbocycles. The van der Waals surface area contributed by atoms with Crippen LogP contribution >= 0.6 is 15.9 Å². The van der Waals surface area contributed by atoms with Gasteiger partial charge < -0.3 is 10.4 Å². The van der Waals surface area contributed by atoms with Crippen molar-refractivity contribution in [2.75, 3.05) is 5.32 Å². The molecule has 2 aromatic rings. The van der Waals surface area contributed by atoms with Crippen LogP contribution in [0.3, 0.4) is 0 Å². The summed E-state index contributed by atoms with van der Waals surface area (Å²) in [6, 6.07) is 8.28. The van der Waals surface area contributed by atoms with Crippen molar-refractivity contribution in [1.29, 1.82) is 0 Å². The number of aliphatic carboxylic acids is 1. The van der Waals surface area contributed by atoms with Crippen molar-refractivity contribution < 1.29 is 18.7 Å². The van der Waals surface area contributed by atoms with E-state index in [-0.39, 0.29) is 11.3 Å². The number of halogens is 3. The summed E-state index contributed by atoms with van der Waals surface area (Å²) in [5, 5.41) is 11.7. The number of hydrogen-bond acceptors (Lipinski definition) is 2. The summed E-state index contributed by atoms with van der Waals surface area (Å²) in [6.45, 7) is 0. The zero-order valence-electron chi connectivity index (χ0n) is 10.1. The van der Waals surface area contributed by atoms with E-state index in [1.807, 2.05) is 0 Å². The quantitative estimate of drug-likeness (QED) is 0.884. The third-order valence-electron chi connectivity index (χ3n) is 2.69. The lowest BCUT2D eigenvalue weighted by atomic mass is 10.1. The lowest BCUT2D eigenvalue weighted by Crippen LogP contribution is -2.22. The monoisotopic (exact) mass is 341 g/mol. The largest absolute Gasteiger partial charge is 0.479 e. The molecule has 2 aromatic carbocycles. The topological polar surface area (TPSA) is 49.3 Å². The molecular formula is C14H10BrF2NO2. The molecule has 0 spiro atoms. The minimum Gasteiger partial charge on any atom is -0.479 e. The molecule has 0 fully saturated rings. The minimum atomic E-state index is -1.37. The van der Waals surface area contributed by atoms with Gasteiger partial charge in [-0.25, -0.2) is 13.6 Å². The second-order valence-corrected chi connectivity index (χ2v) is 4.98. The number of nitrogens with one attached hydrogen (secondary N) is 1. The van der Waals surface area contributed by atoms with Gasteiger partial charge in [-0.1, -0.05) is 34.1 Å². The third-order valence-corrected chi connectivity index (χ3v) is 3.19. The fraction of sp³-hybridized carbons (Fsp3) is 0.0714. The maximum absolute atomic E-state index is 13.8. The van der Waals surface area contributed by atoms with Crippen LogP contribution in [-0.2, 0) is 4.79 Å². The predicted molar refractivity (Wildman–Crippen MR) is 74.5 cm³/mol. The van der Waals surface area contributed by atoms with Crippen molar-refractivity contribution in [3.8, 4) is 0 Å². The first-order valence-electron chi connectivity index (χ1n) is 5.68. The molecule has 0 aromatic heterocycles. The molecule has 1 unspecified atom stereocenters. The highest BCUT2D eigenvalue weighted by Crippen LogP contribution is 2.26. The van der Waals surface area contributed by atoms with Gasteiger partial charge in [-0.05, 0) is 24.3 Å². The first-order chi connectivity index (χ1) is 9.49. The van der Waals surface area contributed by atoms with Gasteiger partial charge in [0.2, 0.25) is 0 Å². The number of carboxylic acid groups (broad SMARTS) is 1. The zero-order valence-corrected chi connectivity index (χ0v) is 11.7. The Labute approximate surface area is 122 Å². The molecule has 2 rings (SSSR count). The van der Waals surface area contributed by atoms with Crippen molar-refractivity contribution >= 4 is 27.6 Å². The summed E-state index contributed by atoms with van der Waals surface area (Å²) in [7, 11) is 0. The number of hydrogen-bond donors (Lipinski definition) is 2. The third kappa shape index (κ3) is 3.14. The number of benzene rings is 2. The molecule has 2 N–H and O–H groups in total. The van der Waals surface area contributed by atoms with E-state index in [0.29, 0.717) is 4.47 Å². The molecule has 20 heavy (non-hydrogen) atoms. The minimum absolute atomic E-state index is 0.00205. The van der Waals surface area contributed by atoms with Crippen LogP contribution in [0.4, 0.5) is 14.5 Å². The zero-order chi connectivity index (χ0) is 14.7. The van der Waals surface area contributed by atoms with Gasteiger partial charge in [0, 0.05) is 10.0 Å². The van der Waals surface area contributed by atoms with Crippen LogP contribution in [0.25, 0.3) is 0 Å². The average Bonchev–Trinajstić information content (AvgIpc) is 2.38. The van der Waals surface area contributed by atoms with Gasteiger partial charge in [-0.3, -0.25) is 0 Å². The van der Waals surface area contributed by atoms with Gasteiger partial charge in [0.05, 0.1) is 5.69 Å². The smallest absolute Gasteiger partial charge is 0.330 e. The summed E-state index contributed by atoms with van der Waals surface area (Å²) in [4.78, 5) is 11.3. The van der Waals surface area contributed by atoms with Crippen molar-refractivity contribution in [3.63, 3.8) is 0 Å². The number of rotatable bonds is 4. The second kappa shape index (κ2) is 6.00. The van der Waals surface area contributed by atoms with Crippen LogP contribution in [0.5, 0.6) is 0 Å². The van der Waals surface area contributed by atoms with E-state index in [1.54, 1.807) is 6.07 Å². The van der Waals surface area contributed by atoms with E-state index in [0.717, 1.165) is 6.07 Å². The number of carbonyl (C=O) groups is 1. The average molecular weight is 342 g/mol. The molecule has 0 aliphatic carbocycles. The molecule has 3 nitrogen and oxygen atoms in total. The van der Waals surface area contributed by atoms with Gasteiger partial charge in [0.15, 0.2) is 6.04 Å². The van der Waals surface area contributed by atoms with Gasteiger partial charge in [-0.2, -0.15) is 0 Å². The molecule has 0 radical (unpaired) electrons. The van der Waals surface area contributed by atoms with Crippen molar-refractivity contribution in [2.45, 2.75) is 6.04 Å². The highest BCUT2D eigenvalue weighted by molar-refractivity contribution is 9.10. The van der Waals surface area contributed by atoms with Gasteiger partial charge in [0.25, 0.3) is 0 Å². The fourth-order valence-electron chi connectivity index (χ4n) is 1.74. The Morgan fingerprint density at radius 2 is 1.85 bits per heavy atom. The Bertz CT molecular complexity index is 649. The van der Waals surface area contributed by atoms with E-state index in [2.05, 4.69) is 21.2 Å². The molecular weight excluding hydrogens is 332 g/mol. The predicted octanol–water partition coefficient (Wildman–Crippen LogP) is 3.97. The lowest BCUT2D eigenvalue weighted by Gasteiger charge is -2.17. The molecule has 6 heteroatoms. The van der Waals surface area contributed by atoms with Crippen molar-refractivity contribution in [3.05, 3.63) is 64.1 Å². The molecule has 0 aliphatic rings.